The number of nitrogen functional groups attached to an aromatic ring is 1. The molecular weight excluding hydrogens is 324 g/mol. The number of ether oxygens (including phenoxy) is 1. The summed E-state index contributed by atoms with van der Waals surface area (Å²) in [5.74, 6) is 0.839. The third-order valence-corrected chi connectivity index (χ3v) is 4.38. The summed E-state index contributed by atoms with van der Waals surface area (Å²) < 4.78 is 7.29. The number of anilines is 1. The van der Waals surface area contributed by atoms with Crippen LogP contribution in [0.3, 0.4) is 0 Å². The van der Waals surface area contributed by atoms with Gasteiger partial charge in [-0.1, -0.05) is 15.9 Å². The summed E-state index contributed by atoms with van der Waals surface area (Å²) in [5, 5.41) is 0.924. The molecule has 0 atom stereocenters. The molecule has 0 spiro atoms. The van der Waals surface area contributed by atoms with Gasteiger partial charge < -0.3 is 10.5 Å². The van der Waals surface area contributed by atoms with Crippen molar-refractivity contribution >= 4 is 43.2 Å². The fourth-order valence-corrected chi connectivity index (χ4v) is 3.30. The zero-order chi connectivity index (χ0) is 13.4. The van der Waals surface area contributed by atoms with E-state index in [1.54, 1.807) is 18.4 Å². The van der Waals surface area contributed by atoms with E-state index < -0.39 is 0 Å². The first kappa shape index (κ1) is 12.4. The first-order valence-electron chi connectivity index (χ1n) is 5.67. The molecule has 0 unspecified atom stereocenters. The van der Waals surface area contributed by atoms with Gasteiger partial charge in [-0.2, -0.15) is 0 Å². The maximum Gasteiger partial charge on any atom is 0.126 e. The van der Waals surface area contributed by atoms with Crippen LogP contribution in [0.15, 0.2) is 40.9 Å². The van der Waals surface area contributed by atoms with E-state index in [-0.39, 0.29) is 0 Å². The highest BCUT2D eigenvalue weighted by Gasteiger charge is 2.10. The molecule has 2 N–H and O–H groups in total. The fourth-order valence-electron chi connectivity index (χ4n) is 1.88. The monoisotopic (exact) mass is 334 g/mol. The summed E-state index contributed by atoms with van der Waals surface area (Å²) in [6, 6.07) is 11.7. The molecule has 2 aromatic carbocycles. The quantitative estimate of drug-likeness (QED) is 0.710. The number of hydrogen-bond donors (Lipinski definition) is 1. The van der Waals surface area contributed by atoms with Gasteiger partial charge in [0.25, 0.3) is 0 Å². The van der Waals surface area contributed by atoms with Crippen molar-refractivity contribution < 1.29 is 4.74 Å². The van der Waals surface area contributed by atoms with Gasteiger partial charge in [0, 0.05) is 15.7 Å². The Labute approximate surface area is 123 Å². The van der Waals surface area contributed by atoms with Gasteiger partial charge in [-0.05, 0) is 36.4 Å². The molecule has 0 aliphatic rings. The number of nitrogens with zero attached hydrogens (tertiary/aromatic N) is 1. The maximum atomic E-state index is 6.04. The van der Waals surface area contributed by atoms with Crippen LogP contribution in [0.2, 0.25) is 0 Å². The fraction of sp³-hybridized carbons (Fsp3) is 0.0714. The zero-order valence-electron chi connectivity index (χ0n) is 10.2. The molecule has 0 fully saturated rings. The predicted molar refractivity (Wildman–Crippen MR) is 83.7 cm³/mol. The van der Waals surface area contributed by atoms with Crippen molar-refractivity contribution in [3.05, 3.63) is 40.9 Å². The van der Waals surface area contributed by atoms with Gasteiger partial charge in [0.05, 0.1) is 17.3 Å². The molecule has 19 heavy (non-hydrogen) atoms. The van der Waals surface area contributed by atoms with E-state index >= 15 is 0 Å². The number of thiazole rings is 1. The second-order valence-electron chi connectivity index (χ2n) is 4.08. The smallest absolute Gasteiger partial charge is 0.126 e. The van der Waals surface area contributed by atoms with Crippen LogP contribution in [0, 0.1) is 0 Å². The Morgan fingerprint density at radius 1 is 1.21 bits per heavy atom. The normalized spacial score (nSPS) is 10.8. The lowest BCUT2D eigenvalue weighted by atomic mass is 10.2. The SMILES string of the molecule is COc1ccc2nc(-c3ccc(Br)cc3N)sc2c1. The second-order valence-corrected chi connectivity index (χ2v) is 6.03. The van der Waals surface area contributed by atoms with Crippen LogP contribution >= 0.6 is 27.3 Å². The van der Waals surface area contributed by atoms with Crippen LogP contribution in [0.4, 0.5) is 5.69 Å². The Hall–Kier alpha value is -1.59. The number of benzene rings is 2. The lowest BCUT2D eigenvalue weighted by Crippen LogP contribution is -1.89. The standard InChI is InChI=1S/C14H11BrN2OS/c1-18-9-3-5-12-13(7-9)19-14(17-12)10-4-2-8(15)6-11(10)16/h2-7H,16H2,1H3. The van der Waals surface area contributed by atoms with Gasteiger partial charge >= 0.3 is 0 Å². The van der Waals surface area contributed by atoms with Crippen LogP contribution in [-0.2, 0) is 0 Å². The Balaban J connectivity index is 2.14. The van der Waals surface area contributed by atoms with Crippen LogP contribution in [0.5, 0.6) is 5.75 Å². The van der Waals surface area contributed by atoms with Gasteiger partial charge in [0.1, 0.15) is 10.8 Å². The number of aromatic nitrogens is 1. The van der Waals surface area contributed by atoms with Crippen molar-refractivity contribution in [2.45, 2.75) is 0 Å². The van der Waals surface area contributed by atoms with E-state index in [0.29, 0.717) is 0 Å². The summed E-state index contributed by atoms with van der Waals surface area (Å²) in [4.78, 5) is 4.62. The number of halogens is 1. The highest BCUT2D eigenvalue weighted by atomic mass is 79.9. The maximum absolute atomic E-state index is 6.04. The minimum Gasteiger partial charge on any atom is -0.497 e. The summed E-state index contributed by atoms with van der Waals surface area (Å²) in [5.41, 5.74) is 8.69. The summed E-state index contributed by atoms with van der Waals surface area (Å²) in [7, 11) is 1.66. The average molecular weight is 335 g/mol. The van der Waals surface area contributed by atoms with E-state index in [1.807, 2.05) is 36.4 Å². The lowest BCUT2D eigenvalue weighted by molar-refractivity contribution is 0.415. The molecule has 0 radical (unpaired) electrons. The first-order valence-corrected chi connectivity index (χ1v) is 7.28. The summed E-state index contributed by atoms with van der Waals surface area (Å²) in [6.07, 6.45) is 0. The van der Waals surface area contributed by atoms with E-state index in [0.717, 1.165) is 36.7 Å². The molecule has 0 amide bonds. The molecule has 0 bridgehead atoms. The highest BCUT2D eigenvalue weighted by Crippen LogP contribution is 2.35. The van der Waals surface area contributed by atoms with Crippen molar-refractivity contribution in [1.82, 2.24) is 4.98 Å². The minimum absolute atomic E-state index is 0.723. The number of rotatable bonds is 2. The van der Waals surface area contributed by atoms with Gasteiger partial charge in [0.15, 0.2) is 0 Å². The summed E-state index contributed by atoms with van der Waals surface area (Å²) in [6.45, 7) is 0. The zero-order valence-corrected chi connectivity index (χ0v) is 12.6. The highest BCUT2D eigenvalue weighted by molar-refractivity contribution is 9.10. The lowest BCUT2D eigenvalue weighted by Gasteiger charge is -2.01. The largest absolute Gasteiger partial charge is 0.497 e. The molecule has 3 aromatic rings. The van der Waals surface area contributed by atoms with Crippen LogP contribution in [-0.4, -0.2) is 12.1 Å². The topological polar surface area (TPSA) is 48.1 Å². The Morgan fingerprint density at radius 2 is 2.05 bits per heavy atom. The van der Waals surface area contributed by atoms with Crippen molar-refractivity contribution in [1.29, 1.82) is 0 Å². The van der Waals surface area contributed by atoms with Crippen molar-refractivity contribution in [2.24, 2.45) is 0 Å². The molecule has 1 heterocycles. The Bertz CT molecular complexity index is 754. The van der Waals surface area contributed by atoms with Gasteiger partial charge in [0.2, 0.25) is 0 Å². The number of methoxy groups -OCH3 is 1. The molecular formula is C14H11BrN2OS. The van der Waals surface area contributed by atoms with E-state index in [9.17, 15) is 0 Å². The van der Waals surface area contributed by atoms with Crippen molar-refractivity contribution in [3.8, 4) is 16.3 Å². The Kier molecular flexibility index (Phi) is 3.16. The molecule has 0 aliphatic carbocycles. The van der Waals surface area contributed by atoms with Crippen LogP contribution in [0.25, 0.3) is 20.8 Å². The second kappa shape index (κ2) is 4.83. The van der Waals surface area contributed by atoms with Crippen LogP contribution < -0.4 is 10.5 Å². The van der Waals surface area contributed by atoms with E-state index in [2.05, 4.69) is 20.9 Å². The molecule has 0 aliphatic heterocycles. The third-order valence-electron chi connectivity index (χ3n) is 2.84. The predicted octanol–water partition coefficient (Wildman–Crippen LogP) is 4.32. The third kappa shape index (κ3) is 2.31. The van der Waals surface area contributed by atoms with Crippen LogP contribution in [0.1, 0.15) is 0 Å². The van der Waals surface area contributed by atoms with Crippen molar-refractivity contribution in [3.63, 3.8) is 0 Å². The minimum atomic E-state index is 0.723. The molecule has 0 saturated carbocycles. The first-order chi connectivity index (χ1) is 9.17. The van der Waals surface area contributed by atoms with Gasteiger partial charge in [-0.15, -0.1) is 11.3 Å². The van der Waals surface area contributed by atoms with E-state index in [1.165, 1.54) is 0 Å². The summed E-state index contributed by atoms with van der Waals surface area (Å²) >= 11 is 5.02. The average Bonchev–Trinajstić information content (AvgIpc) is 2.80. The van der Waals surface area contributed by atoms with E-state index in [4.69, 9.17) is 10.5 Å². The van der Waals surface area contributed by atoms with Crippen molar-refractivity contribution in [2.75, 3.05) is 12.8 Å². The Morgan fingerprint density at radius 3 is 2.79 bits per heavy atom. The van der Waals surface area contributed by atoms with Gasteiger partial charge in [-0.25, -0.2) is 4.98 Å². The number of nitrogens with two attached hydrogens (primary N) is 1. The molecule has 1 aromatic heterocycles. The molecule has 3 rings (SSSR count). The van der Waals surface area contributed by atoms with Gasteiger partial charge in [-0.3, -0.25) is 0 Å². The molecule has 0 saturated heterocycles. The number of hydrogen-bond acceptors (Lipinski definition) is 4. The molecule has 5 heteroatoms. The molecule has 3 nitrogen and oxygen atoms in total. The number of fused-ring (bicyclic) bond motifs is 1. The molecule has 96 valence electrons.